The molecule has 0 atom stereocenters. The first-order valence-electron chi connectivity index (χ1n) is 6.20. The Morgan fingerprint density at radius 1 is 1.11 bits per heavy atom. The molecule has 1 aliphatic rings. The fourth-order valence-electron chi connectivity index (χ4n) is 2.25. The van der Waals surface area contributed by atoms with Crippen molar-refractivity contribution in [2.45, 2.75) is 19.4 Å². The molecule has 0 bridgehead atoms. The van der Waals surface area contributed by atoms with Crippen molar-refractivity contribution in [2.24, 2.45) is 0 Å². The number of hydrogen-bond donors (Lipinski definition) is 0. The standard InChI is InChI=1S/C14H18FN3/c1-14(2,11-16)18-9-7-17(8-10-18)13-5-3-12(15)4-6-13/h3-6H,7-10H2,1-2H3. The lowest BCUT2D eigenvalue weighted by molar-refractivity contribution is 0.158. The van der Waals surface area contributed by atoms with E-state index in [0.717, 1.165) is 31.9 Å². The Kier molecular flexibility index (Phi) is 3.53. The molecule has 1 saturated heterocycles. The molecule has 0 radical (unpaired) electrons. The van der Waals surface area contributed by atoms with Gasteiger partial charge in [0.1, 0.15) is 11.4 Å². The number of halogens is 1. The van der Waals surface area contributed by atoms with E-state index in [1.165, 1.54) is 12.1 Å². The number of anilines is 1. The lowest BCUT2D eigenvalue weighted by Crippen LogP contribution is -2.54. The maximum Gasteiger partial charge on any atom is 0.123 e. The number of nitrogens with zero attached hydrogens (tertiary/aromatic N) is 3. The highest BCUT2D eigenvalue weighted by Crippen LogP contribution is 2.20. The van der Waals surface area contributed by atoms with Gasteiger partial charge in [0.05, 0.1) is 6.07 Å². The van der Waals surface area contributed by atoms with E-state index in [1.54, 1.807) is 12.1 Å². The molecule has 3 nitrogen and oxygen atoms in total. The number of rotatable bonds is 2. The molecule has 18 heavy (non-hydrogen) atoms. The van der Waals surface area contributed by atoms with Crippen molar-refractivity contribution in [1.82, 2.24) is 4.90 Å². The molecule has 0 aromatic heterocycles. The second kappa shape index (κ2) is 4.95. The van der Waals surface area contributed by atoms with Crippen LogP contribution in [0.2, 0.25) is 0 Å². The molecule has 1 fully saturated rings. The molecular weight excluding hydrogens is 229 g/mol. The maximum absolute atomic E-state index is 12.9. The lowest BCUT2D eigenvalue weighted by Gasteiger charge is -2.41. The number of benzene rings is 1. The zero-order valence-corrected chi connectivity index (χ0v) is 10.9. The molecular formula is C14H18FN3. The van der Waals surface area contributed by atoms with Crippen LogP contribution in [-0.4, -0.2) is 36.6 Å². The highest BCUT2D eigenvalue weighted by atomic mass is 19.1. The normalized spacial score (nSPS) is 17.6. The Bertz CT molecular complexity index is 439. The van der Waals surface area contributed by atoms with Crippen LogP contribution in [0.1, 0.15) is 13.8 Å². The van der Waals surface area contributed by atoms with Gasteiger partial charge in [0.2, 0.25) is 0 Å². The first-order valence-corrected chi connectivity index (χ1v) is 6.20. The molecule has 4 heteroatoms. The largest absolute Gasteiger partial charge is 0.369 e. The van der Waals surface area contributed by atoms with Gasteiger partial charge in [-0.2, -0.15) is 5.26 Å². The second-order valence-corrected chi connectivity index (χ2v) is 5.12. The summed E-state index contributed by atoms with van der Waals surface area (Å²) in [4.78, 5) is 4.41. The third kappa shape index (κ3) is 2.62. The van der Waals surface area contributed by atoms with Gasteiger partial charge >= 0.3 is 0 Å². The van der Waals surface area contributed by atoms with E-state index >= 15 is 0 Å². The smallest absolute Gasteiger partial charge is 0.123 e. The summed E-state index contributed by atoms with van der Waals surface area (Å²) in [6.45, 7) is 7.35. The monoisotopic (exact) mass is 247 g/mol. The minimum absolute atomic E-state index is 0.206. The van der Waals surface area contributed by atoms with E-state index in [4.69, 9.17) is 5.26 Å². The molecule has 1 heterocycles. The minimum Gasteiger partial charge on any atom is -0.369 e. The Balaban J connectivity index is 1.99. The van der Waals surface area contributed by atoms with Gasteiger partial charge in [-0.3, -0.25) is 4.90 Å². The van der Waals surface area contributed by atoms with Gasteiger partial charge in [-0.25, -0.2) is 4.39 Å². The van der Waals surface area contributed by atoms with Crippen molar-refractivity contribution in [2.75, 3.05) is 31.1 Å². The first-order chi connectivity index (χ1) is 8.53. The Hall–Kier alpha value is -1.60. The van der Waals surface area contributed by atoms with E-state index in [1.807, 2.05) is 13.8 Å². The van der Waals surface area contributed by atoms with Gasteiger partial charge in [-0.1, -0.05) is 0 Å². The van der Waals surface area contributed by atoms with Crippen LogP contribution < -0.4 is 4.90 Å². The van der Waals surface area contributed by atoms with Crippen molar-refractivity contribution in [3.05, 3.63) is 30.1 Å². The van der Waals surface area contributed by atoms with Crippen molar-refractivity contribution in [3.63, 3.8) is 0 Å². The molecule has 1 aromatic carbocycles. The van der Waals surface area contributed by atoms with Crippen molar-refractivity contribution in [3.8, 4) is 6.07 Å². The summed E-state index contributed by atoms with van der Waals surface area (Å²) in [6, 6.07) is 8.92. The van der Waals surface area contributed by atoms with E-state index in [9.17, 15) is 4.39 Å². The van der Waals surface area contributed by atoms with E-state index in [2.05, 4.69) is 15.9 Å². The molecule has 96 valence electrons. The van der Waals surface area contributed by atoms with Gasteiger partial charge in [-0.15, -0.1) is 0 Å². The van der Waals surface area contributed by atoms with Crippen LogP contribution in [0.5, 0.6) is 0 Å². The SMILES string of the molecule is CC(C)(C#N)N1CCN(c2ccc(F)cc2)CC1. The third-order valence-corrected chi connectivity index (χ3v) is 3.54. The van der Waals surface area contributed by atoms with Crippen molar-refractivity contribution < 1.29 is 4.39 Å². The molecule has 1 aliphatic heterocycles. The molecule has 0 amide bonds. The predicted octanol–water partition coefficient (Wildman–Crippen LogP) is 2.25. The third-order valence-electron chi connectivity index (χ3n) is 3.54. The number of nitriles is 1. The van der Waals surface area contributed by atoms with Gasteiger partial charge < -0.3 is 4.90 Å². The Labute approximate surface area is 107 Å². The topological polar surface area (TPSA) is 30.3 Å². The fourth-order valence-corrected chi connectivity index (χ4v) is 2.25. The summed E-state index contributed by atoms with van der Waals surface area (Å²) >= 11 is 0. The summed E-state index contributed by atoms with van der Waals surface area (Å²) in [6.07, 6.45) is 0. The van der Waals surface area contributed by atoms with E-state index < -0.39 is 5.54 Å². The summed E-state index contributed by atoms with van der Waals surface area (Å²) in [5.74, 6) is -0.206. The summed E-state index contributed by atoms with van der Waals surface area (Å²) < 4.78 is 12.9. The van der Waals surface area contributed by atoms with Crippen LogP contribution in [-0.2, 0) is 0 Å². The van der Waals surface area contributed by atoms with Crippen LogP contribution in [0.4, 0.5) is 10.1 Å². The van der Waals surface area contributed by atoms with Crippen LogP contribution >= 0.6 is 0 Å². The zero-order valence-electron chi connectivity index (χ0n) is 10.9. The predicted molar refractivity (Wildman–Crippen MR) is 69.9 cm³/mol. The van der Waals surface area contributed by atoms with Crippen LogP contribution in [0, 0.1) is 17.1 Å². The van der Waals surface area contributed by atoms with Gasteiger partial charge in [0.25, 0.3) is 0 Å². The van der Waals surface area contributed by atoms with E-state index in [-0.39, 0.29) is 5.82 Å². The average Bonchev–Trinajstić information content (AvgIpc) is 2.40. The van der Waals surface area contributed by atoms with Gasteiger partial charge in [0, 0.05) is 31.9 Å². The molecule has 0 unspecified atom stereocenters. The average molecular weight is 247 g/mol. The van der Waals surface area contributed by atoms with Gasteiger partial charge in [-0.05, 0) is 38.1 Å². The highest BCUT2D eigenvalue weighted by Gasteiger charge is 2.29. The molecule has 1 aromatic rings. The van der Waals surface area contributed by atoms with E-state index in [0.29, 0.717) is 0 Å². The first kappa shape index (κ1) is 12.8. The van der Waals surface area contributed by atoms with Crippen molar-refractivity contribution in [1.29, 1.82) is 5.26 Å². The highest BCUT2D eigenvalue weighted by molar-refractivity contribution is 5.46. The van der Waals surface area contributed by atoms with Crippen LogP contribution in [0.25, 0.3) is 0 Å². The molecule has 0 saturated carbocycles. The number of piperazine rings is 1. The Morgan fingerprint density at radius 2 is 1.67 bits per heavy atom. The maximum atomic E-state index is 12.9. The molecule has 0 aliphatic carbocycles. The lowest BCUT2D eigenvalue weighted by atomic mass is 10.0. The second-order valence-electron chi connectivity index (χ2n) is 5.12. The van der Waals surface area contributed by atoms with Crippen LogP contribution in [0.3, 0.4) is 0 Å². The fraction of sp³-hybridized carbons (Fsp3) is 0.500. The zero-order chi connectivity index (χ0) is 13.2. The summed E-state index contributed by atoms with van der Waals surface area (Å²) in [7, 11) is 0. The molecule has 0 N–H and O–H groups in total. The molecule has 2 rings (SSSR count). The Morgan fingerprint density at radius 3 is 2.17 bits per heavy atom. The molecule has 0 spiro atoms. The summed E-state index contributed by atoms with van der Waals surface area (Å²) in [5.41, 5.74) is 0.639. The van der Waals surface area contributed by atoms with Crippen LogP contribution in [0.15, 0.2) is 24.3 Å². The van der Waals surface area contributed by atoms with Crippen molar-refractivity contribution >= 4 is 5.69 Å². The summed E-state index contributed by atoms with van der Waals surface area (Å²) in [5, 5.41) is 9.11. The quantitative estimate of drug-likeness (QED) is 0.803. The number of hydrogen-bond acceptors (Lipinski definition) is 3. The minimum atomic E-state index is -0.408. The van der Waals surface area contributed by atoms with Gasteiger partial charge in [0.15, 0.2) is 0 Å².